The minimum atomic E-state index is -0.308. The van der Waals surface area contributed by atoms with Gasteiger partial charge >= 0.3 is 0 Å². The molecule has 2 aromatic carbocycles. The number of hydrogen-bond donors (Lipinski definition) is 3. The maximum Gasteiger partial charge on any atom is 0.255 e. The number of nitrogens with one attached hydrogen (secondary N) is 1. The number of nitrogen functional groups attached to an aromatic ring is 1. The molecule has 2 rings (SSSR count). The number of phenolic OH excluding ortho intramolecular Hbond substituents is 1. The van der Waals surface area contributed by atoms with Gasteiger partial charge in [-0.15, -0.1) is 0 Å². The van der Waals surface area contributed by atoms with Crippen LogP contribution in [0.3, 0.4) is 0 Å². The third-order valence-electron chi connectivity index (χ3n) is 2.41. The molecule has 0 aromatic heterocycles. The van der Waals surface area contributed by atoms with E-state index in [1.807, 2.05) is 18.2 Å². The summed E-state index contributed by atoms with van der Waals surface area (Å²) in [5.74, 6) is -0.410. The Morgan fingerprint density at radius 1 is 1.22 bits per heavy atom. The van der Waals surface area contributed by atoms with E-state index in [4.69, 9.17) is 5.73 Å². The lowest BCUT2D eigenvalue weighted by atomic mass is 10.1. The zero-order valence-electron chi connectivity index (χ0n) is 9.35. The van der Waals surface area contributed by atoms with Gasteiger partial charge in [0.1, 0.15) is 5.75 Å². The number of amides is 1. The lowest BCUT2D eigenvalue weighted by Gasteiger charge is -2.08. The Hall–Kier alpha value is -2.01. The number of rotatable bonds is 2. The number of hydrogen-bond acceptors (Lipinski definition) is 3. The number of carbonyl (C=O) groups is 1. The number of halogens is 1. The Labute approximate surface area is 113 Å². The van der Waals surface area contributed by atoms with E-state index in [0.29, 0.717) is 11.3 Å². The van der Waals surface area contributed by atoms with Crippen LogP contribution in [0.15, 0.2) is 46.9 Å². The Bertz CT molecular complexity index is 599. The molecule has 0 atom stereocenters. The first-order valence-electron chi connectivity index (χ1n) is 5.22. The lowest BCUT2D eigenvalue weighted by molar-refractivity contribution is 0.102. The number of anilines is 2. The Kier molecular flexibility index (Phi) is 3.53. The predicted molar refractivity (Wildman–Crippen MR) is 74.6 cm³/mol. The number of para-hydroxylation sites is 1. The number of aromatic hydroxyl groups is 1. The van der Waals surface area contributed by atoms with Crippen molar-refractivity contribution in [2.24, 2.45) is 0 Å². The van der Waals surface area contributed by atoms with Gasteiger partial charge in [0, 0.05) is 10.0 Å². The van der Waals surface area contributed by atoms with Gasteiger partial charge in [0.15, 0.2) is 0 Å². The molecular weight excluding hydrogens is 296 g/mol. The second kappa shape index (κ2) is 5.10. The van der Waals surface area contributed by atoms with Crippen LogP contribution in [-0.2, 0) is 0 Å². The molecule has 0 bridgehead atoms. The van der Waals surface area contributed by atoms with Crippen molar-refractivity contribution in [1.82, 2.24) is 0 Å². The highest BCUT2D eigenvalue weighted by Crippen LogP contribution is 2.24. The Morgan fingerprint density at radius 2 is 1.94 bits per heavy atom. The van der Waals surface area contributed by atoms with Crippen LogP contribution in [0.25, 0.3) is 0 Å². The monoisotopic (exact) mass is 306 g/mol. The molecule has 0 saturated carbocycles. The second-order valence-corrected chi connectivity index (χ2v) is 4.56. The van der Waals surface area contributed by atoms with E-state index < -0.39 is 0 Å². The van der Waals surface area contributed by atoms with Crippen molar-refractivity contribution in [2.45, 2.75) is 0 Å². The van der Waals surface area contributed by atoms with Gasteiger partial charge in [0.2, 0.25) is 0 Å². The largest absolute Gasteiger partial charge is 0.506 e. The van der Waals surface area contributed by atoms with Crippen molar-refractivity contribution >= 4 is 33.2 Å². The summed E-state index contributed by atoms with van der Waals surface area (Å²) in [5.41, 5.74) is 6.73. The van der Waals surface area contributed by atoms with Crippen LogP contribution in [0, 0.1) is 0 Å². The number of carbonyl (C=O) groups excluding carboxylic acids is 1. The molecule has 2 aromatic rings. The highest BCUT2D eigenvalue weighted by molar-refractivity contribution is 9.10. The van der Waals surface area contributed by atoms with E-state index in [1.54, 1.807) is 12.1 Å². The molecule has 0 aliphatic heterocycles. The zero-order valence-corrected chi connectivity index (χ0v) is 10.9. The van der Waals surface area contributed by atoms with Crippen LogP contribution in [-0.4, -0.2) is 11.0 Å². The summed E-state index contributed by atoms with van der Waals surface area (Å²) in [7, 11) is 0. The van der Waals surface area contributed by atoms with Gasteiger partial charge in [0.25, 0.3) is 5.91 Å². The van der Waals surface area contributed by atoms with E-state index >= 15 is 0 Å². The number of nitrogens with two attached hydrogens (primary N) is 1. The first-order valence-corrected chi connectivity index (χ1v) is 6.01. The van der Waals surface area contributed by atoms with Crippen LogP contribution in [0.5, 0.6) is 5.75 Å². The van der Waals surface area contributed by atoms with Crippen LogP contribution in [0.1, 0.15) is 10.4 Å². The summed E-state index contributed by atoms with van der Waals surface area (Å²) in [6.07, 6.45) is 0. The fraction of sp³-hybridized carbons (Fsp3) is 0. The lowest BCUT2D eigenvalue weighted by Crippen LogP contribution is -2.12. The highest BCUT2D eigenvalue weighted by atomic mass is 79.9. The van der Waals surface area contributed by atoms with Crippen LogP contribution in [0.4, 0.5) is 11.4 Å². The SMILES string of the molecule is Nc1ccc(C(=O)Nc2ccccc2Br)cc1O. The molecule has 1 amide bonds. The molecule has 0 heterocycles. The van der Waals surface area contributed by atoms with E-state index in [2.05, 4.69) is 21.2 Å². The first-order chi connectivity index (χ1) is 8.58. The van der Waals surface area contributed by atoms with Crippen molar-refractivity contribution in [1.29, 1.82) is 0 Å². The third-order valence-corrected chi connectivity index (χ3v) is 3.11. The van der Waals surface area contributed by atoms with E-state index in [9.17, 15) is 9.90 Å². The standard InChI is InChI=1S/C13H11BrN2O2/c14-9-3-1-2-4-11(9)16-13(18)8-5-6-10(15)12(17)7-8/h1-7,17H,15H2,(H,16,18). The molecule has 4 N–H and O–H groups in total. The molecule has 92 valence electrons. The van der Waals surface area contributed by atoms with E-state index in [1.165, 1.54) is 12.1 Å². The normalized spacial score (nSPS) is 10.1. The summed E-state index contributed by atoms with van der Waals surface area (Å²) >= 11 is 3.34. The molecule has 5 heteroatoms. The molecule has 0 aliphatic rings. The third kappa shape index (κ3) is 2.62. The molecule has 4 nitrogen and oxygen atoms in total. The minimum Gasteiger partial charge on any atom is -0.506 e. The van der Waals surface area contributed by atoms with Gasteiger partial charge < -0.3 is 16.2 Å². The van der Waals surface area contributed by atoms with Crippen molar-refractivity contribution in [2.75, 3.05) is 11.1 Å². The quantitative estimate of drug-likeness (QED) is 0.590. The predicted octanol–water partition coefficient (Wildman–Crippen LogP) is 2.99. The van der Waals surface area contributed by atoms with Crippen molar-refractivity contribution in [3.8, 4) is 5.75 Å². The fourth-order valence-corrected chi connectivity index (χ4v) is 1.83. The smallest absolute Gasteiger partial charge is 0.255 e. The summed E-state index contributed by atoms with van der Waals surface area (Å²) in [4.78, 5) is 11.9. The maximum atomic E-state index is 11.9. The summed E-state index contributed by atoms with van der Waals surface area (Å²) in [5, 5.41) is 12.2. The first kappa shape index (κ1) is 12.4. The minimum absolute atomic E-state index is 0.102. The average Bonchev–Trinajstić information content (AvgIpc) is 2.35. The molecule has 0 spiro atoms. The Balaban J connectivity index is 2.22. The molecular formula is C13H11BrN2O2. The molecule has 0 aliphatic carbocycles. The fourth-order valence-electron chi connectivity index (χ4n) is 1.44. The van der Waals surface area contributed by atoms with Gasteiger partial charge in [-0.05, 0) is 46.3 Å². The van der Waals surface area contributed by atoms with Crippen molar-refractivity contribution in [3.63, 3.8) is 0 Å². The summed E-state index contributed by atoms with van der Waals surface area (Å²) < 4.78 is 0.790. The molecule has 0 saturated heterocycles. The summed E-state index contributed by atoms with van der Waals surface area (Å²) in [6.45, 7) is 0. The molecule has 0 unspecified atom stereocenters. The van der Waals surface area contributed by atoms with Gasteiger partial charge in [-0.3, -0.25) is 4.79 Å². The van der Waals surface area contributed by atoms with E-state index in [-0.39, 0.29) is 17.3 Å². The molecule has 0 radical (unpaired) electrons. The second-order valence-electron chi connectivity index (χ2n) is 3.71. The van der Waals surface area contributed by atoms with Crippen LogP contribution < -0.4 is 11.1 Å². The number of benzene rings is 2. The zero-order chi connectivity index (χ0) is 13.1. The maximum absolute atomic E-state index is 11.9. The highest BCUT2D eigenvalue weighted by Gasteiger charge is 2.09. The summed E-state index contributed by atoms with van der Waals surface area (Å²) in [6, 6.07) is 11.7. The van der Waals surface area contributed by atoms with Crippen LogP contribution in [0.2, 0.25) is 0 Å². The molecule has 0 fully saturated rings. The van der Waals surface area contributed by atoms with Crippen LogP contribution >= 0.6 is 15.9 Å². The van der Waals surface area contributed by atoms with Gasteiger partial charge in [-0.1, -0.05) is 12.1 Å². The van der Waals surface area contributed by atoms with Gasteiger partial charge in [-0.25, -0.2) is 0 Å². The van der Waals surface area contributed by atoms with Crippen molar-refractivity contribution in [3.05, 3.63) is 52.5 Å². The van der Waals surface area contributed by atoms with E-state index in [0.717, 1.165) is 4.47 Å². The Morgan fingerprint density at radius 3 is 2.61 bits per heavy atom. The van der Waals surface area contributed by atoms with Crippen molar-refractivity contribution < 1.29 is 9.90 Å². The topological polar surface area (TPSA) is 75.4 Å². The van der Waals surface area contributed by atoms with Gasteiger partial charge in [0.05, 0.1) is 11.4 Å². The van der Waals surface area contributed by atoms with Gasteiger partial charge in [-0.2, -0.15) is 0 Å². The number of phenols is 1. The average molecular weight is 307 g/mol. The molecule has 18 heavy (non-hydrogen) atoms.